The van der Waals surface area contributed by atoms with Crippen molar-refractivity contribution in [3.05, 3.63) is 70.0 Å². The van der Waals surface area contributed by atoms with Crippen molar-refractivity contribution in [3.8, 4) is 0 Å². The molecule has 0 atom stereocenters. The van der Waals surface area contributed by atoms with E-state index in [1.165, 1.54) is 36.0 Å². The first kappa shape index (κ1) is 16.0. The molecule has 1 amide bonds. The molecule has 22 heavy (non-hydrogen) atoms. The van der Waals surface area contributed by atoms with Gasteiger partial charge in [0, 0.05) is 23.6 Å². The lowest BCUT2D eigenvalue weighted by Crippen LogP contribution is -2.14. The van der Waals surface area contributed by atoms with Gasteiger partial charge in [0.05, 0.1) is 10.7 Å². The molecular formula is C15H13FN2O3S. The normalized spacial score (nSPS) is 10.2. The van der Waals surface area contributed by atoms with Gasteiger partial charge in [-0.15, -0.1) is 11.8 Å². The van der Waals surface area contributed by atoms with E-state index in [4.69, 9.17) is 0 Å². The van der Waals surface area contributed by atoms with Crippen molar-refractivity contribution < 1.29 is 14.1 Å². The zero-order valence-corrected chi connectivity index (χ0v) is 12.3. The van der Waals surface area contributed by atoms with E-state index in [1.54, 1.807) is 24.3 Å². The average molecular weight is 320 g/mol. The maximum atomic E-state index is 13.4. The van der Waals surface area contributed by atoms with Crippen LogP contribution in [0.25, 0.3) is 0 Å². The molecule has 2 aromatic rings. The van der Waals surface area contributed by atoms with Crippen LogP contribution in [0, 0.1) is 15.9 Å². The number of carbonyl (C=O) groups is 1. The maximum Gasteiger partial charge on any atom is 0.271 e. The van der Waals surface area contributed by atoms with E-state index in [0.717, 1.165) is 0 Å². The molecular weight excluding hydrogens is 307 g/mol. The lowest BCUT2D eigenvalue weighted by Gasteiger charge is -2.05. The second-order valence-corrected chi connectivity index (χ2v) is 5.43. The van der Waals surface area contributed by atoms with Gasteiger partial charge < -0.3 is 5.32 Å². The topological polar surface area (TPSA) is 72.2 Å². The molecule has 0 fully saturated rings. The zero-order chi connectivity index (χ0) is 15.9. The molecule has 0 aromatic heterocycles. The number of halogens is 1. The maximum absolute atomic E-state index is 13.4. The molecule has 0 saturated heterocycles. The fraction of sp³-hybridized carbons (Fsp3) is 0.133. The smallest absolute Gasteiger partial charge is 0.271 e. The van der Waals surface area contributed by atoms with Crippen LogP contribution in [0.2, 0.25) is 0 Å². The lowest BCUT2D eigenvalue weighted by atomic mass is 10.2. The van der Waals surface area contributed by atoms with Gasteiger partial charge in [-0.1, -0.05) is 24.3 Å². The number of nitro benzene ring substituents is 1. The first-order chi connectivity index (χ1) is 10.6. The SMILES string of the molecule is O=C(CSCc1ccccc1F)Nc1cccc([N+](=O)[O-])c1. The van der Waals surface area contributed by atoms with Gasteiger partial charge in [0.1, 0.15) is 5.82 Å². The van der Waals surface area contributed by atoms with Crippen LogP contribution >= 0.6 is 11.8 Å². The summed E-state index contributed by atoms with van der Waals surface area (Å²) in [6.07, 6.45) is 0. The number of nitrogens with zero attached hydrogens (tertiary/aromatic N) is 1. The zero-order valence-electron chi connectivity index (χ0n) is 11.5. The number of nitrogens with one attached hydrogen (secondary N) is 1. The summed E-state index contributed by atoms with van der Waals surface area (Å²) in [6.45, 7) is 0. The number of nitro groups is 1. The van der Waals surface area contributed by atoms with Crippen LogP contribution in [-0.2, 0) is 10.5 Å². The van der Waals surface area contributed by atoms with Gasteiger partial charge in [-0.2, -0.15) is 0 Å². The van der Waals surface area contributed by atoms with Crippen LogP contribution in [0.4, 0.5) is 15.8 Å². The minimum absolute atomic E-state index is 0.0863. The molecule has 5 nitrogen and oxygen atoms in total. The highest BCUT2D eigenvalue weighted by molar-refractivity contribution is 7.99. The Hall–Kier alpha value is -2.41. The number of rotatable bonds is 6. The minimum Gasteiger partial charge on any atom is -0.325 e. The molecule has 0 saturated carbocycles. The Bertz CT molecular complexity index is 694. The minimum atomic E-state index is -0.525. The molecule has 0 radical (unpaired) electrons. The Morgan fingerprint density at radius 2 is 2.00 bits per heavy atom. The molecule has 0 bridgehead atoms. The number of anilines is 1. The Labute approximate surface area is 130 Å². The van der Waals surface area contributed by atoms with E-state index < -0.39 is 4.92 Å². The number of carbonyl (C=O) groups excluding carboxylic acids is 1. The quantitative estimate of drug-likeness (QED) is 0.652. The third kappa shape index (κ3) is 4.56. The summed E-state index contributed by atoms with van der Waals surface area (Å²) >= 11 is 1.27. The summed E-state index contributed by atoms with van der Waals surface area (Å²) in [5, 5.41) is 13.2. The molecule has 0 unspecified atom stereocenters. The molecule has 2 rings (SSSR count). The number of amides is 1. The summed E-state index contributed by atoms with van der Waals surface area (Å²) in [5.41, 5.74) is 0.818. The van der Waals surface area contributed by atoms with Gasteiger partial charge in [0.25, 0.3) is 5.69 Å². The van der Waals surface area contributed by atoms with Gasteiger partial charge in [-0.25, -0.2) is 4.39 Å². The van der Waals surface area contributed by atoms with E-state index in [-0.39, 0.29) is 23.2 Å². The molecule has 2 aromatic carbocycles. The molecule has 7 heteroatoms. The Morgan fingerprint density at radius 3 is 2.73 bits per heavy atom. The lowest BCUT2D eigenvalue weighted by molar-refractivity contribution is -0.384. The van der Waals surface area contributed by atoms with Crippen LogP contribution in [0.5, 0.6) is 0 Å². The Balaban J connectivity index is 1.84. The molecule has 1 N–H and O–H groups in total. The summed E-state index contributed by atoms with van der Waals surface area (Å²) in [4.78, 5) is 21.9. The van der Waals surface area contributed by atoms with E-state index in [0.29, 0.717) is 17.0 Å². The Morgan fingerprint density at radius 1 is 1.23 bits per heavy atom. The second kappa shape index (κ2) is 7.56. The van der Waals surface area contributed by atoms with Crippen molar-refractivity contribution in [3.63, 3.8) is 0 Å². The van der Waals surface area contributed by atoms with E-state index in [9.17, 15) is 19.3 Å². The highest BCUT2D eigenvalue weighted by atomic mass is 32.2. The van der Waals surface area contributed by atoms with Crippen LogP contribution < -0.4 is 5.32 Å². The van der Waals surface area contributed by atoms with Crippen molar-refractivity contribution in [1.82, 2.24) is 0 Å². The molecule has 0 aliphatic carbocycles. The van der Waals surface area contributed by atoms with Gasteiger partial charge in [-0.05, 0) is 17.7 Å². The van der Waals surface area contributed by atoms with E-state index in [1.807, 2.05) is 0 Å². The van der Waals surface area contributed by atoms with Crippen molar-refractivity contribution >= 4 is 29.0 Å². The first-order valence-corrected chi connectivity index (χ1v) is 7.57. The van der Waals surface area contributed by atoms with Crippen molar-refractivity contribution in [2.45, 2.75) is 5.75 Å². The number of thioether (sulfide) groups is 1. The fourth-order valence-electron chi connectivity index (χ4n) is 1.76. The van der Waals surface area contributed by atoms with Crippen LogP contribution in [0.3, 0.4) is 0 Å². The summed E-state index contributed by atoms with van der Waals surface area (Å²) < 4.78 is 13.4. The van der Waals surface area contributed by atoms with E-state index >= 15 is 0 Å². The predicted molar refractivity (Wildman–Crippen MR) is 84.3 cm³/mol. The third-order valence-corrected chi connectivity index (χ3v) is 3.77. The van der Waals surface area contributed by atoms with Crippen LogP contribution in [-0.4, -0.2) is 16.6 Å². The van der Waals surface area contributed by atoms with Gasteiger partial charge in [-0.3, -0.25) is 14.9 Å². The molecule has 0 spiro atoms. The van der Waals surface area contributed by atoms with Gasteiger partial charge >= 0.3 is 0 Å². The summed E-state index contributed by atoms with van der Waals surface area (Å²) in [5.74, 6) is -0.0672. The van der Waals surface area contributed by atoms with Gasteiger partial charge in [0.2, 0.25) is 5.91 Å². The van der Waals surface area contributed by atoms with Crippen LogP contribution in [0.15, 0.2) is 48.5 Å². The second-order valence-electron chi connectivity index (χ2n) is 4.44. The van der Waals surface area contributed by atoms with E-state index in [2.05, 4.69) is 5.32 Å². The molecule has 114 valence electrons. The average Bonchev–Trinajstić information content (AvgIpc) is 2.49. The standard InChI is InChI=1S/C15H13FN2O3S/c16-14-7-2-1-4-11(14)9-22-10-15(19)17-12-5-3-6-13(8-12)18(20)21/h1-8H,9-10H2,(H,17,19). The summed E-state index contributed by atoms with van der Waals surface area (Å²) in [6, 6.07) is 12.1. The van der Waals surface area contributed by atoms with Crippen molar-refractivity contribution in [2.75, 3.05) is 11.1 Å². The predicted octanol–water partition coefficient (Wildman–Crippen LogP) is 3.61. The number of benzene rings is 2. The number of non-ortho nitro benzene ring substituents is 1. The number of hydrogen-bond acceptors (Lipinski definition) is 4. The van der Waals surface area contributed by atoms with Gasteiger partial charge in [0.15, 0.2) is 0 Å². The molecule has 0 aliphatic rings. The monoisotopic (exact) mass is 320 g/mol. The third-order valence-electron chi connectivity index (χ3n) is 2.79. The highest BCUT2D eigenvalue weighted by Gasteiger charge is 2.09. The summed E-state index contributed by atoms with van der Waals surface area (Å²) in [7, 11) is 0. The number of hydrogen-bond donors (Lipinski definition) is 1. The highest BCUT2D eigenvalue weighted by Crippen LogP contribution is 2.18. The molecule has 0 aliphatic heterocycles. The van der Waals surface area contributed by atoms with Crippen molar-refractivity contribution in [1.29, 1.82) is 0 Å². The molecule has 0 heterocycles. The van der Waals surface area contributed by atoms with Crippen LogP contribution in [0.1, 0.15) is 5.56 Å². The Kier molecular flexibility index (Phi) is 5.48. The fourth-order valence-corrected chi connectivity index (χ4v) is 2.58. The first-order valence-electron chi connectivity index (χ1n) is 6.42. The van der Waals surface area contributed by atoms with Crippen molar-refractivity contribution in [2.24, 2.45) is 0 Å². The largest absolute Gasteiger partial charge is 0.325 e.